The average Bonchev–Trinajstić information content (AvgIpc) is 2.92. The number of aromatic nitrogens is 2. The van der Waals surface area contributed by atoms with E-state index < -0.39 is 0 Å². The fourth-order valence-electron chi connectivity index (χ4n) is 3.14. The van der Waals surface area contributed by atoms with E-state index in [1.807, 2.05) is 6.92 Å². The molecule has 4 nitrogen and oxygen atoms in total. The lowest BCUT2D eigenvalue weighted by Gasteiger charge is -2.29. The van der Waals surface area contributed by atoms with Gasteiger partial charge in [0.1, 0.15) is 11.6 Å². The Morgan fingerprint density at radius 3 is 2.70 bits per heavy atom. The Hall–Kier alpha value is -1.16. The van der Waals surface area contributed by atoms with Crippen LogP contribution in [0.15, 0.2) is 6.07 Å². The highest BCUT2D eigenvalue weighted by Gasteiger charge is 2.33. The van der Waals surface area contributed by atoms with Crippen LogP contribution in [0.3, 0.4) is 0 Å². The summed E-state index contributed by atoms with van der Waals surface area (Å²) >= 11 is 0. The first kappa shape index (κ1) is 15.2. The molecule has 0 bridgehead atoms. The van der Waals surface area contributed by atoms with Crippen molar-refractivity contribution in [1.29, 1.82) is 0 Å². The Balaban J connectivity index is 2.00. The number of ether oxygens (including phenoxy) is 1. The molecule has 1 saturated carbocycles. The molecule has 2 rings (SSSR count). The molecule has 1 N–H and O–H groups in total. The predicted octanol–water partition coefficient (Wildman–Crippen LogP) is 3.36. The highest BCUT2D eigenvalue weighted by atomic mass is 16.5. The van der Waals surface area contributed by atoms with Crippen LogP contribution in [0.2, 0.25) is 0 Å². The van der Waals surface area contributed by atoms with E-state index in [1.54, 1.807) is 7.11 Å². The third-order valence-electron chi connectivity index (χ3n) is 4.40. The first-order valence-corrected chi connectivity index (χ1v) is 7.75. The van der Waals surface area contributed by atoms with Crippen LogP contribution in [0.25, 0.3) is 0 Å². The molecular weight excluding hydrogens is 250 g/mol. The summed E-state index contributed by atoms with van der Waals surface area (Å²) in [6.45, 7) is 5.93. The third-order valence-corrected chi connectivity index (χ3v) is 4.40. The number of hydrogen-bond acceptors (Lipinski definition) is 4. The maximum atomic E-state index is 5.28. The van der Waals surface area contributed by atoms with E-state index in [-0.39, 0.29) is 0 Å². The van der Waals surface area contributed by atoms with Crippen LogP contribution < -0.4 is 5.32 Å². The highest BCUT2D eigenvalue weighted by molar-refractivity contribution is 5.36. The molecule has 0 aliphatic heterocycles. The summed E-state index contributed by atoms with van der Waals surface area (Å²) in [5.74, 6) is 1.82. The molecule has 1 aromatic heterocycles. The van der Waals surface area contributed by atoms with E-state index in [2.05, 4.69) is 28.3 Å². The van der Waals surface area contributed by atoms with Gasteiger partial charge in [0.25, 0.3) is 0 Å². The van der Waals surface area contributed by atoms with Gasteiger partial charge < -0.3 is 10.1 Å². The second kappa shape index (κ2) is 7.02. The topological polar surface area (TPSA) is 47.0 Å². The summed E-state index contributed by atoms with van der Waals surface area (Å²) in [5, 5.41) is 3.55. The minimum absolute atomic E-state index is 0.390. The minimum atomic E-state index is 0.390. The quantitative estimate of drug-likeness (QED) is 0.830. The Morgan fingerprint density at radius 1 is 1.30 bits per heavy atom. The van der Waals surface area contributed by atoms with Gasteiger partial charge in [-0.2, -0.15) is 0 Å². The molecule has 1 aliphatic carbocycles. The maximum absolute atomic E-state index is 5.28. The zero-order chi connectivity index (χ0) is 14.4. The SMILES string of the molecule is CCc1cc(NCC2(CCOC)CCCC2)nc(C)n1. The lowest BCUT2D eigenvalue weighted by molar-refractivity contribution is 0.143. The molecule has 0 unspecified atom stereocenters. The molecule has 0 amide bonds. The van der Waals surface area contributed by atoms with Crippen LogP contribution in [0.1, 0.15) is 50.5 Å². The first-order chi connectivity index (χ1) is 9.67. The van der Waals surface area contributed by atoms with Gasteiger partial charge in [-0.15, -0.1) is 0 Å². The predicted molar refractivity (Wildman–Crippen MR) is 82.0 cm³/mol. The molecule has 1 aliphatic rings. The molecule has 0 aromatic carbocycles. The number of anilines is 1. The first-order valence-electron chi connectivity index (χ1n) is 7.75. The van der Waals surface area contributed by atoms with Gasteiger partial charge in [-0.1, -0.05) is 19.8 Å². The van der Waals surface area contributed by atoms with Gasteiger partial charge in [0, 0.05) is 32.0 Å². The normalized spacial score (nSPS) is 17.4. The molecule has 0 saturated heterocycles. The van der Waals surface area contributed by atoms with E-state index in [0.717, 1.165) is 43.3 Å². The van der Waals surface area contributed by atoms with Crippen LogP contribution in [0.4, 0.5) is 5.82 Å². The van der Waals surface area contributed by atoms with Crippen LogP contribution in [0, 0.1) is 12.3 Å². The van der Waals surface area contributed by atoms with Gasteiger partial charge in [0.15, 0.2) is 0 Å². The van der Waals surface area contributed by atoms with Gasteiger partial charge >= 0.3 is 0 Å². The molecular formula is C16H27N3O. The van der Waals surface area contributed by atoms with E-state index >= 15 is 0 Å². The summed E-state index contributed by atoms with van der Waals surface area (Å²) in [6.07, 6.45) is 7.37. The lowest BCUT2D eigenvalue weighted by atomic mass is 9.83. The summed E-state index contributed by atoms with van der Waals surface area (Å²) < 4.78 is 5.28. The van der Waals surface area contributed by atoms with Gasteiger partial charge in [-0.05, 0) is 38.0 Å². The number of hydrogen-bond donors (Lipinski definition) is 1. The van der Waals surface area contributed by atoms with Crippen LogP contribution in [0.5, 0.6) is 0 Å². The molecule has 0 radical (unpaired) electrons. The van der Waals surface area contributed by atoms with Gasteiger partial charge in [-0.3, -0.25) is 0 Å². The Bertz CT molecular complexity index is 428. The molecule has 4 heteroatoms. The lowest BCUT2D eigenvalue weighted by Crippen LogP contribution is -2.28. The monoisotopic (exact) mass is 277 g/mol. The summed E-state index contributed by atoms with van der Waals surface area (Å²) in [7, 11) is 1.79. The number of nitrogens with one attached hydrogen (secondary N) is 1. The van der Waals surface area contributed by atoms with Gasteiger partial charge in [0.2, 0.25) is 0 Å². The van der Waals surface area contributed by atoms with Crippen molar-refractivity contribution in [3.63, 3.8) is 0 Å². The number of methoxy groups -OCH3 is 1. The molecule has 0 spiro atoms. The van der Waals surface area contributed by atoms with Gasteiger partial charge in [-0.25, -0.2) is 9.97 Å². The number of nitrogens with zero attached hydrogens (tertiary/aromatic N) is 2. The fraction of sp³-hybridized carbons (Fsp3) is 0.750. The molecule has 1 fully saturated rings. The van der Waals surface area contributed by atoms with Crippen molar-refractivity contribution < 1.29 is 4.74 Å². The smallest absolute Gasteiger partial charge is 0.129 e. The third kappa shape index (κ3) is 3.92. The van der Waals surface area contributed by atoms with Crippen LogP contribution in [-0.2, 0) is 11.2 Å². The van der Waals surface area contributed by atoms with E-state index in [4.69, 9.17) is 4.74 Å². The number of aryl methyl sites for hydroxylation is 2. The second-order valence-electron chi connectivity index (χ2n) is 5.95. The van der Waals surface area contributed by atoms with E-state index in [1.165, 1.54) is 25.7 Å². The Labute approximate surface area is 122 Å². The molecule has 1 heterocycles. The standard InChI is InChI=1S/C16H27N3O/c1-4-14-11-15(19-13(2)18-14)17-12-16(9-10-20-3)7-5-6-8-16/h11H,4-10,12H2,1-3H3,(H,17,18,19). The largest absolute Gasteiger partial charge is 0.385 e. The zero-order valence-corrected chi connectivity index (χ0v) is 13.0. The Morgan fingerprint density at radius 2 is 2.05 bits per heavy atom. The van der Waals surface area contributed by atoms with Crippen molar-refractivity contribution in [2.45, 2.75) is 52.4 Å². The van der Waals surface area contributed by atoms with Gasteiger partial charge in [0.05, 0.1) is 0 Å². The molecule has 0 atom stereocenters. The van der Waals surface area contributed by atoms with E-state index in [0.29, 0.717) is 5.41 Å². The van der Waals surface area contributed by atoms with Crippen molar-refractivity contribution >= 4 is 5.82 Å². The molecule has 20 heavy (non-hydrogen) atoms. The number of rotatable bonds is 7. The van der Waals surface area contributed by atoms with Crippen LogP contribution in [-0.4, -0.2) is 30.2 Å². The molecule has 1 aromatic rings. The zero-order valence-electron chi connectivity index (χ0n) is 13.0. The van der Waals surface area contributed by atoms with Crippen LogP contribution >= 0.6 is 0 Å². The second-order valence-corrected chi connectivity index (χ2v) is 5.95. The summed E-state index contributed by atoms with van der Waals surface area (Å²) in [4.78, 5) is 8.93. The summed E-state index contributed by atoms with van der Waals surface area (Å²) in [5.41, 5.74) is 1.50. The summed E-state index contributed by atoms with van der Waals surface area (Å²) in [6, 6.07) is 2.08. The van der Waals surface area contributed by atoms with Crippen molar-refractivity contribution in [3.05, 3.63) is 17.6 Å². The van der Waals surface area contributed by atoms with Crippen molar-refractivity contribution in [1.82, 2.24) is 9.97 Å². The molecule has 112 valence electrons. The highest BCUT2D eigenvalue weighted by Crippen LogP contribution is 2.41. The van der Waals surface area contributed by atoms with Crippen molar-refractivity contribution in [3.8, 4) is 0 Å². The average molecular weight is 277 g/mol. The van der Waals surface area contributed by atoms with Crippen molar-refractivity contribution in [2.75, 3.05) is 25.6 Å². The van der Waals surface area contributed by atoms with Crippen molar-refractivity contribution in [2.24, 2.45) is 5.41 Å². The fourth-order valence-corrected chi connectivity index (χ4v) is 3.14. The Kier molecular flexibility index (Phi) is 5.35. The minimum Gasteiger partial charge on any atom is -0.385 e. The maximum Gasteiger partial charge on any atom is 0.129 e. The van der Waals surface area contributed by atoms with E-state index in [9.17, 15) is 0 Å².